The second-order valence-electron chi connectivity index (χ2n) is 8.46. The van der Waals surface area contributed by atoms with Gasteiger partial charge in [-0.15, -0.1) is 10.2 Å². The minimum Gasteiger partial charge on any atom is -0.495 e. The zero-order chi connectivity index (χ0) is 23.3. The quantitative estimate of drug-likeness (QED) is 0.611. The van der Waals surface area contributed by atoms with E-state index in [-0.39, 0.29) is 24.9 Å². The smallest absolute Gasteiger partial charge is 0.251 e. The van der Waals surface area contributed by atoms with Gasteiger partial charge in [0.1, 0.15) is 18.8 Å². The number of methoxy groups -OCH3 is 1. The monoisotopic (exact) mass is 436 g/mol. The fourth-order valence-corrected chi connectivity index (χ4v) is 3.10. The number of aromatic nitrogens is 4. The molecule has 0 fully saturated rings. The molecule has 0 aliphatic carbocycles. The first kappa shape index (κ1) is 22.9. The molecule has 3 aromatic rings. The summed E-state index contributed by atoms with van der Waals surface area (Å²) in [4.78, 5) is 28.4. The van der Waals surface area contributed by atoms with E-state index in [1.807, 2.05) is 52.0 Å². The van der Waals surface area contributed by atoms with Crippen molar-refractivity contribution in [2.24, 2.45) is 0 Å². The van der Waals surface area contributed by atoms with E-state index in [1.54, 1.807) is 24.3 Å². The van der Waals surface area contributed by atoms with Crippen molar-refractivity contribution >= 4 is 17.5 Å². The molecule has 32 heavy (non-hydrogen) atoms. The second kappa shape index (κ2) is 9.59. The van der Waals surface area contributed by atoms with Crippen LogP contribution in [0.4, 0.5) is 5.69 Å². The number of hydrogen-bond donors (Lipinski definition) is 1. The third-order valence-corrected chi connectivity index (χ3v) is 4.53. The average Bonchev–Trinajstić information content (AvgIpc) is 3.19. The van der Waals surface area contributed by atoms with Gasteiger partial charge in [-0.1, -0.05) is 42.0 Å². The Kier molecular flexibility index (Phi) is 6.87. The lowest BCUT2D eigenvalue weighted by molar-refractivity contribution is -0.125. The molecule has 9 nitrogen and oxygen atoms in total. The van der Waals surface area contributed by atoms with Gasteiger partial charge >= 0.3 is 0 Å². The normalized spacial score (nSPS) is 11.2. The van der Waals surface area contributed by atoms with Crippen molar-refractivity contribution in [1.82, 2.24) is 25.5 Å². The molecule has 0 unspecified atom stereocenters. The van der Waals surface area contributed by atoms with Crippen LogP contribution in [0.5, 0.6) is 5.75 Å². The lowest BCUT2D eigenvalue weighted by Crippen LogP contribution is -2.48. The summed E-state index contributed by atoms with van der Waals surface area (Å²) in [5.41, 5.74) is 1.99. The zero-order valence-electron chi connectivity index (χ0n) is 19.0. The van der Waals surface area contributed by atoms with Crippen molar-refractivity contribution in [2.45, 2.75) is 39.8 Å². The van der Waals surface area contributed by atoms with Gasteiger partial charge in [-0.3, -0.25) is 14.5 Å². The zero-order valence-corrected chi connectivity index (χ0v) is 19.0. The topological polar surface area (TPSA) is 102 Å². The SMILES string of the molecule is COc1ccccc1N(CC(=O)NC(C)(C)C)C(=O)Cn1nnc(-c2ccc(C)cc2)n1. The number of anilines is 1. The van der Waals surface area contributed by atoms with Crippen LogP contribution < -0.4 is 15.0 Å². The van der Waals surface area contributed by atoms with Crippen molar-refractivity contribution in [1.29, 1.82) is 0 Å². The number of carbonyl (C=O) groups excluding carboxylic acids is 2. The molecule has 2 amide bonds. The van der Waals surface area contributed by atoms with Crippen LogP contribution in [0.3, 0.4) is 0 Å². The molecule has 0 saturated carbocycles. The minimum absolute atomic E-state index is 0.171. The van der Waals surface area contributed by atoms with Gasteiger partial charge in [-0.05, 0) is 45.0 Å². The molecule has 2 aromatic carbocycles. The number of nitrogens with zero attached hydrogens (tertiary/aromatic N) is 5. The average molecular weight is 437 g/mol. The number of aryl methyl sites for hydroxylation is 1. The summed E-state index contributed by atoms with van der Waals surface area (Å²) in [5, 5.41) is 15.3. The Labute approximate surface area is 187 Å². The lowest BCUT2D eigenvalue weighted by atomic mass is 10.1. The van der Waals surface area contributed by atoms with Gasteiger partial charge in [0.25, 0.3) is 5.91 Å². The molecule has 0 aliphatic heterocycles. The van der Waals surface area contributed by atoms with Crippen LogP contribution in [0.15, 0.2) is 48.5 Å². The van der Waals surface area contributed by atoms with Gasteiger partial charge < -0.3 is 10.1 Å². The van der Waals surface area contributed by atoms with Gasteiger partial charge in [-0.2, -0.15) is 4.80 Å². The van der Waals surface area contributed by atoms with E-state index in [2.05, 4.69) is 20.7 Å². The summed E-state index contributed by atoms with van der Waals surface area (Å²) in [6.07, 6.45) is 0. The highest BCUT2D eigenvalue weighted by atomic mass is 16.5. The van der Waals surface area contributed by atoms with E-state index < -0.39 is 5.54 Å². The summed E-state index contributed by atoms with van der Waals surface area (Å²) in [7, 11) is 1.52. The lowest BCUT2D eigenvalue weighted by Gasteiger charge is -2.26. The van der Waals surface area contributed by atoms with Crippen molar-refractivity contribution in [3.05, 3.63) is 54.1 Å². The van der Waals surface area contributed by atoms with Crippen molar-refractivity contribution in [3.63, 3.8) is 0 Å². The number of carbonyl (C=O) groups is 2. The van der Waals surface area contributed by atoms with Crippen molar-refractivity contribution < 1.29 is 14.3 Å². The third-order valence-electron chi connectivity index (χ3n) is 4.53. The fourth-order valence-electron chi connectivity index (χ4n) is 3.10. The van der Waals surface area contributed by atoms with Crippen LogP contribution in [-0.4, -0.2) is 51.2 Å². The number of benzene rings is 2. The van der Waals surface area contributed by atoms with Crippen LogP contribution in [0.25, 0.3) is 11.4 Å². The van der Waals surface area contributed by atoms with Crippen molar-refractivity contribution in [3.8, 4) is 17.1 Å². The fraction of sp³-hybridized carbons (Fsp3) is 0.348. The molecular formula is C23H28N6O3. The molecule has 168 valence electrons. The Morgan fingerprint density at radius 1 is 1.09 bits per heavy atom. The van der Waals surface area contributed by atoms with Crippen LogP contribution >= 0.6 is 0 Å². The Hall–Kier alpha value is -3.75. The van der Waals surface area contributed by atoms with E-state index in [0.717, 1.165) is 11.1 Å². The first-order valence-electron chi connectivity index (χ1n) is 10.3. The molecular weight excluding hydrogens is 408 g/mol. The summed E-state index contributed by atoms with van der Waals surface area (Å²) in [6, 6.07) is 14.8. The van der Waals surface area contributed by atoms with Crippen LogP contribution in [0.2, 0.25) is 0 Å². The molecule has 0 bridgehead atoms. The Bertz CT molecular complexity index is 1090. The van der Waals surface area contributed by atoms with Gasteiger partial charge in [0, 0.05) is 11.1 Å². The highest BCUT2D eigenvalue weighted by molar-refractivity contribution is 5.99. The van der Waals surface area contributed by atoms with Gasteiger partial charge in [0.2, 0.25) is 11.7 Å². The minimum atomic E-state index is -0.428. The van der Waals surface area contributed by atoms with Crippen LogP contribution in [-0.2, 0) is 16.1 Å². The maximum atomic E-state index is 13.2. The summed E-state index contributed by atoms with van der Waals surface area (Å²) in [5.74, 6) is 0.249. The molecule has 0 atom stereocenters. The first-order chi connectivity index (χ1) is 15.2. The summed E-state index contributed by atoms with van der Waals surface area (Å²) in [6.45, 7) is 7.29. The van der Waals surface area contributed by atoms with E-state index >= 15 is 0 Å². The number of ether oxygens (including phenoxy) is 1. The number of hydrogen-bond acceptors (Lipinski definition) is 6. The Balaban J connectivity index is 1.83. The number of para-hydroxylation sites is 2. The standard InChI is InChI=1S/C23H28N6O3/c1-16-10-12-17(13-11-16)22-25-27-29(26-22)15-21(31)28(14-20(30)24-23(2,3)4)18-8-6-7-9-19(18)32-5/h6-13H,14-15H2,1-5H3,(H,24,30). The first-order valence-corrected chi connectivity index (χ1v) is 10.3. The number of rotatable bonds is 7. The number of nitrogens with one attached hydrogen (secondary N) is 1. The van der Waals surface area contributed by atoms with E-state index in [4.69, 9.17) is 4.74 Å². The number of amides is 2. The molecule has 1 heterocycles. The predicted octanol–water partition coefficient (Wildman–Crippen LogP) is 2.61. The predicted molar refractivity (Wildman–Crippen MR) is 121 cm³/mol. The molecule has 0 aliphatic rings. The van der Waals surface area contributed by atoms with Gasteiger partial charge in [-0.25, -0.2) is 0 Å². The highest BCUT2D eigenvalue weighted by Crippen LogP contribution is 2.28. The molecule has 0 saturated heterocycles. The van der Waals surface area contributed by atoms with Gasteiger partial charge in [0.15, 0.2) is 0 Å². The highest BCUT2D eigenvalue weighted by Gasteiger charge is 2.25. The van der Waals surface area contributed by atoms with E-state index in [9.17, 15) is 9.59 Å². The molecule has 9 heteroatoms. The molecule has 0 radical (unpaired) electrons. The summed E-state index contributed by atoms with van der Waals surface area (Å²) >= 11 is 0. The molecule has 3 rings (SSSR count). The maximum Gasteiger partial charge on any atom is 0.251 e. The number of tetrazole rings is 1. The molecule has 1 aromatic heterocycles. The van der Waals surface area contributed by atoms with Crippen LogP contribution in [0, 0.1) is 6.92 Å². The molecule has 1 N–H and O–H groups in total. The van der Waals surface area contributed by atoms with E-state index in [1.165, 1.54) is 16.8 Å². The Morgan fingerprint density at radius 3 is 2.44 bits per heavy atom. The second-order valence-corrected chi connectivity index (χ2v) is 8.46. The van der Waals surface area contributed by atoms with Gasteiger partial charge in [0.05, 0.1) is 12.8 Å². The van der Waals surface area contributed by atoms with Crippen LogP contribution in [0.1, 0.15) is 26.3 Å². The van der Waals surface area contributed by atoms with E-state index in [0.29, 0.717) is 17.3 Å². The summed E-state index contributed by atoms with van der Waals surface area (Å²) < 4.78 is 5.40. The van der Waals surface area contributed by atoms with Crippen molar-refractivity contribution in [2.75, 3.05) is 18.6 Å². The Morgan fingerprint density at radius 2 is 1.78 bits per heavy atom. The molecule has 0 spiro atoms. The largest absolute Gasteiger partial charge is 0.495 e. The maximum absolute atomic E-state index is 13.2. The third kappa shape index (κ3) is 5.90.